The van der Waals surface area contributed by atoms with Crippen LogP contribution in [-0.4, -0.2) is 153 Å². The summed E-state index contributed by atoms with van der Waals surface area (Å²) < 4.78 is 54.2. The minimum atomic E-state index is -1.56. The van der Waals surface area contributed by atoms with Crippen molar-refractivity contribution in [2.45, 2.75) is 12.8 Å². The van der Waals surface area contributed by atoms with Crippen LogP contribution in [0.1, 0.15) is 12.8 Å². The highest BCUT2D eigenvalue weighted by Crippen LogP contribution is 1.95. The molecule has 0 saturated heterocycles. The van der Waals surface area contributed by atoms with Crippen molar-refractivity contribution in [1.29, 1.82) is 0 Å². The van der Waals surface area contributed by atoms with Gasteiger partial charge in [0.15, 0.2) is 0 Å². The molecule has 0 aromatic rings. The lowest BCUT2D eigenvalue weighted by molar-refractivity contribution is -0.151. The quantitative estimate of drug-likeness (QED) is 0.0333. The second-order valence-electron chi connectivity index (χ2n) is 7.65. The molecule has 0 aliphatic heterocycles. The van der Waals surface area contributed by atoms with Gasteiger partial charge in [-0.1, -0.05) is 22.6 Å². The lowest BCUT2D eigenvalue weighted by Crippen LogP contribution is -2.17. The van der Waals surface area contributed by atoms with Crippen LogP contribution in [0, 0.1) is 0 Å². The van der Waals surface area contributed by atoms with Gasteiger partial charge in [0.2, 0.25) is 5.78 Å². The molecule has 1 N–H and O–H groups in total. The average Bonchev–Trinajstić information content (AvgIpc) is 2.95. The Balaban J connectivity index is 3.12. The van der Waals surface area contributed by atoms with E-state index in [1.165, 1.54) is 0 Å². The van der Waals surface area contributed by atoms with Crippen LogP contribution in [0.4, 0.5) is 0 Å². The molecule has 236 valence electrons. The number of hydrogen-bond acceptors (Lipinski definition) is 13. The number of aliphatic carboxylic acids is 1. The molecule has 0 unspecified atom stereocenters. The summed E-state index contributed by atoms with van der Waals surface area (Å²) in [6, 6.07) is 0. The summed E-state index contributed by atoms with van der Waals surface area (Å²) >= 11 is 2.26. The Morgan fingerprint density at radius 1 is 0.425 bits per heavy atom. The van der Waals surface area contributed by atoms with E-state index in [9.17, 15) is 14.4 Å². The van der Waals surface area contributed by atoms with E-state index >= 15 is 0 Å². The number of rotatable bonds is 33. The number of carbonyl (C=O) groups excluding carboxylic acids is 2. The molecule has 0 aliphatic carbocycles. The maximum absolute atomic E-state index is 11.3. The fourth-order valence-electron chi connectivity index (χ4n) is 2.53. The smallest absolute Gasteiger partial charge is 0.372 e. The number of hydrogen-bond donors (Lipinski definition) is 1. The zero-order valence-electron chi connectivity index (χ0n) is 23.2. The summed E-state index contributed by atoms with van der Waals surface area (Å²) in [4.78, 5) is 32.6. The molecule has 0 aliphatic rings. The molecule has 0 spiro atoms. The topological polar surface area (TPSA) is 164 Å². The molecule has 0 saturated carbocycles. The van der Waals surface area contributed by atoms with E-state index in [4.69, 9.17) is 52.5 Å². The Morgan fingerprint density at radius 2 is 0.700 bits per heavy atom. The average molecular weight is 697 g/mol. The van der Waals surface area contributed by atoms with Crippen LogP contribution in [0.15, 0.2) is 0 Å². The number of carboxylic acids is 1. The van der Waals surface area contributed by atoms with Crippen molar-refractivity contribution >= 4 is 40.3 Å². The van der Waals surface area contributed by atoms with Gasteiger partial charge in [-0.15, -0.1) is 0 Å². The van der Waals surface area contributed by atoms with Crippen LogP contribution in [0.5, 0.6) is 0 Å². The summed E-state index contributed by atoms with van der Waals surface area (Å²) in [7, 11) is 0. The molecule has 0 atom stereocenters. The molecule has 0 bridgehead atoms. The van der Waals surface area contributed by atoms with Gasteiger partial charge in [0.1, 0.15) is 6.61 Å². The van der Waals surface area contributed by atoms with Gasteiger partial charge < -0.3 is 52.5 Å². The highest BCUT2D eigenvalue weighted by Gasteiger charge is 2.14. The predicted molar refractivity (Wildman–Crippen MR) is 149 cm³/mol. The first-order valence-corrected chi connectivity index (χ1v) is 14.8. The van der Waals surface area contributed by atoms with Crippen LogP contribution >= 0.6 is 22.6 Å². The van der Waals surface area contributed by atoms with Crippen molar-refractivity contribution < 1.29 is 66.9 Å². The lowest BCUT2D eigenvalue weighted by atomic mass is 10.2. The molecule has 14 nitrogen and oxygen atoms in total. The monoisotopic (exact) mass is 696 g/mol. The number of halogens is 1. The van der Waals surface area contributed by atoms with E-state index in [1.54, 1.807) is 0 Å². The molecule has 0 heterocycles. The number of carbonyl (C=O) groups is 3. The Morgan fingerprint density at radius 3 is 0.975 bits per heavy atom. The van der Waals surface area contributed by atoms with Gasteiger partial charge in [0.25, 0.3) is 0 Å². The Labute approximate surface area is 249 Å². The molecule has 0 radical (unpaired) electrons. The van der Waals surface area contributed by atoms with Crippen LogP contribution in [0.25, 0.3) is 0 Å². The highest BCUT2D eigenvalue weighted by molar-refractivity contribution is 14.1. The standard InChI is InChI=1S/C25H45IO14/c26-3-4-31-5-6-32-7-8-33-9-10-34-11-12-35-13-14-36-15-16-37-17-18-38-19-20-39-21-22-40-24(28)2-1-23(27)25(29)30/h1-22H2,(H,29,30). The molecule has 0 aromatic heterocycles. The number of esters is 1. The van der Waals surface area contributed by atoms with E-state index in [1.807, 2.05) is 0 Å². The fraction of sp³-hybridized carbons (Fsp3) is 0.880. The number of alkyl halides is 1. The van der Waals surface area contributed by atoms with Crippen molar-refractivity contribution in [2.75, 3.05) is 130 Å². The minimum Gasteiger partial charge on any atom is -0.476 e. The highest BCUT2D eigenvalue weighted by atomic mass is 127. The van der Waals surface area contributed by atoms with Crippen molar-refractivity contribution in [1.82, 2.24) is 0 Å². The molecular formula is C25H45IO14. The SMILES string of the molecule is O=C(CCC(=O)C(=O)O)OCCOCCOCCOCCOCCOCCOCCOCCOCCOCCI. The van der Waals surface area contributed by atoms with Crippen molar-refractivity contribution in [3.05, 3.63) is 0 Å². The van der Waals surface area contributed by atoms with E-state index in [-0.39, 0.29) is 26.1 Å². The third-order valence-electron chi connectivity index (χ3n) is 4.48. The molecule has 0 aromatic carbocycles. The predicted octanol–water partition coefficient (Wildman–Crippen LogP) is 0.548. The number of ether oxygens (including phenoxy) is 10. The third kappa shape index (κ3) is 31.5. The summed E-state index contributed by atoms with van der Waals surface area (Å²) in [6.07, 6.45) is -0.652. The van der Waals surface area contributed by atoms with E-state index < -0.39 is 17.7 Å². The van der Waals surface area contributed by atoms with Gasteiger partial charge in [0, 0.05) is 10.8 Å². The van der Waals surface area contributed by atoms with Gasteiger partial charge in [-0.3, -0.25) is 9.59 Å². The second-order valence-corrected chi connectivity index (χ2v) is 8.73. The van der Waals surface area contributed by atoms with Crippen LogP contribution in [-0.2, 0) is 61.8 Å². The van der Waals surface area contributed by atoms with Crippen LogP contribution in [0.3, 0.4) is 0 Å². The first-order chi connectivity index (χ1) is 19.6. The Bertz CT molecular complexity index is 596. The Kier molecular flexibility index (Phi) is 31.7. The first-order valence-electron chi connectivity index (χ1n) is 13.2. The summed E-state index contributed by atoms with van der Waals surface area (Å²) in [5.41, 5.74) is 0. The normalized spacial score (nSPS) is 11.1. The van der Waals surface area contributed by atoms with E-state index in [0.717, 1.165) is 11.0 Å². The molecular weight excluding hydrogens is 651 g/mol. The van der Waals surface area contributed by atoms with Gasteiger partial charge in [-0.25, -0.2) is 4.79 Å². The zero-order valence-corrected chi connectivity index (χ0v) is 25.3. The van der Waals surface area contributed by atoms with Gasteiger partial charge >= 0.3 is 11.9 Å². The fourth-order valence-corrected chi connectivity index (χ4v) is 2.84. The largest absolute Gasteiger partial charge is 0.476 e. The Hall–Kier alpha value is -1.02. The molecule has 0 fully saturated rings. The van der Waals surface area contributed by atoms with Crippen molar-refractivity contribution in [3.63, 3.8) is 0 Å². The maximum atomic E-state index is 11.3. The summed E-state index contributed by atoms with van der Waals surface area (Å²) in [5.74, 6) is -3.23. The zero-order chi connectivity index (χ0) is 29.4. The van der Waals surface area contributed by atoms with E-state index in [2.05, 4.69) is 22.6 Å². The maximum Gasteiger partial charge on any atom is 0.372 e. The van der Waals surface area contributed by atoms with Gasteiger partial charge in [-0.05, 0) is 0 Å². The van der Waals surface area contributed by atoms with Gasteiger partial charge in [0.05, 0.1) is 125 Å². The van der Waals surface area contributed by atoms with Crippen molar-refractivity contribution in [2.24, 2.45) is 0 Å². The van der Waals surface area contributed by atoms with Gasteiger partial charge in [-0.2, -0.15) is 0 Å². The summed E-state index contributed by atoms with van der Waals surface area (Å²) in [6.45, 7) is 8.59. The summed E-state index contributed by atoms with van der Waals surface area (Å²) in [5, 5.41) is 8.42. The van der Waals surface area contributed by atoms with Crippen LogP contribution < -0.4 is 0 Å². The van der Waals surface area contributed by atoms with E-state index in [0.29, 0.717) is 106 Å². The molecule has 40 heavy (non-hydrogen) atoms. The lowest BCUT2D eigenvalue weighted by Gasteiger charge is -2.09. The van der Waals surface area contributed by atoms with Crippen LogP contribution in [0.2, 0.25) is 0 Å². The molecule has 0 rings (SSSR count). The third-order valence-corrected chi connectivity index (χ3v) is 4.92. The second kappa shape index (κ2) is 32.5. The molecule has 0 amide bonds. The number of ketones is 1. The number of Topliss-reactive ketones (excluding diaryl/α,β-unsaturated/α-hetero) is 1. The minimum absolute atomic E-state index is 0.0183. The van der Waals surface area contributed by atoms with Crippen molar-refractivity contribution in [3.8, 4) is 0 Å². The molecule has 15 heteroatoms. The first kappa shape index (κ1) is 39.0. The number of carboxylic acid groups (broad SMARTS) is 1.